The number of piperidine rings is 1. The topological polar surface area (TPSA) is 42.4 Å². The lowest BCUT2D eigenvalue weighted by atomic mass is 9.69. The predicted octanol–water partition coefficient (Wildman–Crippen LogP) is 2.61. The molecule has 4 heteroatoms. The lowest BCUT2D eigenvalue weighted by Crippen LogP contribution is -2.58. The van der Waals surface area contributed by atoms with Gasteiger partial charge in [-0.25, -0.2) is 4.79 Å². The number of carbonyl (C=O) groups is 1. The highest BCUT2D eigenvalue weighted by molar-refractivity contribution is 5.90. The number of fused-ring (bicyclic) bond motifs is 3. The molecule has 126 valence electrons. The van der Waals surface area contributed by atoms with E-state index in [9.17, 15) is 4.79 Å². The molecule has 1 aromatic heterocycles. The SMILES string of the molecule is C[C@]12CCCCN1[C@@H]1C=C(C#Cc3cccnc3)C3=CC(=O)O[C@@]32C1. The zero-order valence-electron chi connectivity index (χ0n) is 14.3. The molecule has 2 saturated heterocycles. The van der Waals surface area contributed by atoms with Crippen molar-refractivity contribution in [2.24, 2.45) is 0 Å². The minimum atomic E-state index is -0.525. The molecule has 2 fully saturated rings. The van der Waals surface area contributed by atoms with E-state index in [0.717, 1.165) is 36.1 Å². The van der Waals surface area contributed by atoms with Crippen LogP contribution in [0.1, 0.15) is 38.2 Å². The van der Waals surface area contributed by atoms with E-state index >= 15 is 0 Å². The van der Waals surface area contributed by atoms with Crippen LogP contribution in [0.5, 0.6) is 0 Å². The Morgan fingerprint density at radius 2 is 2.28 bits per heavy atom. The minimum absolute atomic E-state index is 0.123. The largest absolute Gasteiger partial charge is 0.449 e. The van der Waals surface area contributed by atoms with Crippen molar-refractivity contribution >= 4 is 5.97 Å². The third kappa shape index (κ3) is 1.93. The Morgan fingerprint density at radius 1 is 1.36 bits per heavy atom. The Hall–Kier alpha value is -2.38. The van der Waals surface area contributed by atoms with Crippen molar-refractivity contribution in [1.82, 2.24) is 9.88 Å². The Kier molecular flexibility index (Phi) is 3.02. The van der Waals surface area contributed by atoms with Gasteiger partial charge in [0, 0.05) is 47.6 Å². The molecule has 3 aliphatic heterocycles. The number of pyridine rings is 1. The van der Waals surface area contributed by atoms with Crippen LogP contribution in [-0.2, 0) is 9.53 Å². The van der Waals surface area contributed by atoms with Gasteiger partial charge in [0.25, 0.3) is 0 Å². The highest BCUT2D eigenvalue weighted by Gasteiger charge is 2.68. The van der Waals surface area contributed by atoms with Crippen LogP contribution >= 0.6 is 0 Å². The summed E-state index contributed by atoms with van der Waals surface area (Å²) in [6.07, 6.45) is 11.7. The number of carbonyl (C=O) groups excluding carboxylic acids is 1. The van der Waals surface area contributed by atoms with Gasteiger partial charge in [-0.1, -0.05) is 24.3 Å². The van der Waals surface area contributed by atoms with Gasteiger partial charge in [-0.3, -0.25) is 9.88 Å². The van der Waals surface area contributed by atoms with Crippen LogP contribution < -0.4 is 0 Å². The quantitative estimate of drug-likeness (QED) is 0.541. The van der Waals surface area contributed by atoms with E-state index in [1.165, 1.54) is 12.8 Å². The van der Waals surface area contributed by atoms with E-state index in [1.807, 2.05) is 12.1 Å². The zero-order chi connectivity index (χ0) is 17.1. The second-order valence-electron chi connectivity index (χ2n) is 7.57. The van der Waals surface area contributed by atoms with Crippen LogP contribution in [0.2, 0.25) is 0 Å². The Balaban J connectivity index is 1.62. The number of rotatable bonds is 0. The fraction of sp³-hybridized carbons (Fsp3) is 0.429. The maximum Gasteiger partial charge on any atom is 0.332 e. The summed E-state index contributed by atoms with van der Waals surface area (Å²) in [5.41, 5.74) is 2.16. The smallest absolute Gasteiger partial charge is 0.332 e. The molecule has 4 aliphatic rings. The van der Waals surface area contributed by atoms with Crippen molar-refractivity contribution in [2.45, 2.75) is 49.8 Å². The molecule has 0 amide bonds. The molecule has 3 atom stereocenters. The van der Waals surface area contributed by atoms with Crippen molar-refractivity contribution in [2.75, 3.05) is 6.54 Å². The summed E-state index contributed by atoms with van der Waals surface area (Å²) in [6.45, 7) is 3.33. The minimum Gasteiger partial charge on any atom is -0.449 e. The van der Waals surface area contributed by atoms with Crippen molar-refractivity contribution in [3.8, 4) is 11.8 Å². The molecule has 2 bridgehead atoms. The Morgan fingerprint density at radius 3 is 3.12 bits per heavy atom. The van der Waals surface area contributed by atoms with E-state index in [0.29, 0.717) is 6.04 Å². The fourth-order valence-electron chi connectivity index (χ4n) is 5.19. The lowest BCUT2D eigenvalue weighted by Gasteiger charge is -2.47. The highest BCUT2D eigenvalue weighted by Crippen LogP contribution is 2.59. The van der Waals surface area contributed by atoms with Gasteiger partial charge < -0.3 is 4.74 Å². The maximum atomic E-state index is 12.2. The first-order chi connectivity index (χ1) is 12.1. The predicted molar refractivity (Wildman–Crippen MR) is 93.5 cm³/mol. The Labute approximate surface area is 147 Å². The van der Waals surface area contributed by atoms with Gasteiger partial charge in [-0.05, 0) is 38.4 Å². The summed E-state index contributed by atoms with van der Waals surface area (Å²) in [4.78, 5) is 18.9. The number of nitrogens with zero attached hydrogens (tertiary/aromatic N) is 2. The fourth-order valence-corrected chi connectivity index (χ4v) is 5.19. The molecule has 1 aromatic rings. The molecule has 0 radical (unpaired) electrons. The summed E-state index contributed by atoms with van der Waals surface area (Å²) < 4.78 is 6.00. The van der Waals surface area contributed by atoms with Crippen LogP contribution in [0, 0.1) is 11.8 Å². The first kappa shape index (κ1) is 14.9. The van der Waals surface area contributed by atoms with Gasteiger partial charge in [0.2, 0.25) is 0 Å². The number of esters is 1. The molecular weight excluding hydrogens is 312 g/mol. The van der Waals surface area contributed by atoms with E-state index in [1.54, 1.807) is 18.5 Å². The first-order valence-electron chi connectivity index (χ1n) is 8.99. The Bertz CT molecular complexity index is 876. The van der Waals surface area contributed by atoms with Crippen LogP contribution in [0.15, 0.2) is 47.8 Å². The second kappa shape index (κ2) is 5.06. The average Bonchev–Trinajstić information content (AvgIpc) is 3.07. The van der Waals surface area contributed by atoms with Crippen molar-refractivity contribution in [3.63, 3.8) is 0 Å². The molecule has 1 spiro atoms. The molecule has 0 aromatic carbocycles. The molecule has 0 saturated carbocycles. The van der Waals surface area contributed by atoms with E-state index in [2.05, 4.69) is 34.7 Å². The van der Waals surface area contributed by atoms with Crippen LogP contribution in [-0.4, -0.2) is 39.6 Å². The third-order valence-corrected chi connectivity index (χ3v) is 6.34. The summed E-state index contributed by atoms with van der Waals surface area (Å²) >= 11 is 0. The third-order valence-electron chi connectivity index (χ3n) is 6.34. The van der Waals surface area contributed by atoms with Gasteiger partial charge in [0.1, 0.15) is 0 Å². The number of aromatic nitrogens is 1. The van der Waals surface area contributed by atoms with Gasteiger partial charge >= 0.3 is 5.97 Å². The van der Waals surface area contributed by atoms with E-state index < -0.39 is 5.60 Å². The van der Waals surface area contributed by atoms with Crippen LogP contribution in [0.25, 0.3) is 0 Å². The molecule has 0 N–H and O–H groups in total. The summed E-state index contributed by atoms with van der Waals surface area (Å²) in [5, 5.41) is 0. The first-order valence-corrected chi connectivity index (χ1v) is 8.99. The average molecular weight is 332 g/mol. The molecular formula is C21H20N2O2. The van der Waals surface area contributed by atoms with Gasteiger partial charge in [-0.15, -0.1) is 0 Å². The summed E-state index contributed by atoms with van der Waals surface area (Å²) in [7, 11) is 0. The monoisotopic (exact) mass is 332 g/mol. The standard InChI is InChI=1S/C21H20N2O2/c1-20-8-2-3-10-23(20)17-11-16(7-6-15-5-4-9-22-14-15)18-12-19(24)25-21(18,20)13-17/h4-5,9,11-12,14,17H,2-3,8,10,13H2,1H3/t17-,20-,21+/m1/s1. The molecule has 5 rings (SSSR count). The van der Waals surface area contributed by atoms with Crippen molar-refractivity contribution < 1.29 is 9.53 Å². The summed E-state index contributed by atoms with van der Waals surface area (Å²) in [5.74, 6) is 6.27. The van der Waals surface area contributed by atoms with Gasteiger partial charge in [-0.2, -0.15) is 0 Å². The number of hydrogen-bond donors (Lipinski definition) is 0. The zero-order valence-corrected chi connectivity index (χ0v) is 14.3. The molecule has 0 unspecified atom stereocenters. The van der Waals surface area contributed by atoms with E-state index in [-0.39, 0.29) is 11.5 Å². The maximum absolute atomic E-state index is 12.2. The molecule has 4 heterocycles. The summed E-state index contributed by atoms with van der Waals surface area (Å²) in [6, 6.07) is 4.13. The van der Waals surface area contributed by atoms with Crippen molar-refractivity contribution in [3.05, 3.63) is 53.4 Å². The van der Waals surface area contributed by atoms with Crippen LogP contribution in [0.4, 0.5) is 0 Å². The van der Waals surface area contributed by atoms with Gasteiger partial charge in [0.15, 0.2) is 5.60 Å². The van der Waals surface area contributed by atoms with Crippen LogP contribution in [0.3, 0.4) is 0 Å². The van der Waals surface area contributed by atoms with E-state index in [4.69, 9.17) is 4.74 Å². The number of hydrogen-bond acceptors (Lipinski definition) is 4. The molecule has 1 aliphatic carbocycles. The highest BCUT2D eigenvalue weighted by atomic mass is 16.6. The second-order valence-corrected chi connectivity index (χ2v) is 7.57. The molecule has 25 heavy (non-hydrogen) atoms. The van der Waals surface area contributed by atoms with Crippen molar-refractivity contribution in [1.29, 1.82) is 0 Å². The normalized spacial score (nSPS) is 35.7. The lowest BCUT2D eigenvalue weighted by molar-refractivity contribution is -0.154. The van der Waals surface area contributed by atoms with Gasteiger partial charge in [0.05, 0.1) is 5.54 Å². The molecule has 4 nitrogen and oxygen atoms in total. The number of ether oxygens (including phenoxy) is 1.